The van der Waals surface area contributed by atoms with Gasteiger partial charge in [-0.3, -0.25) is 25.3 Å². The maximum atomic E-state index is 12.3. The van der Waals surface area contributed by atoms with E-state index in [2.05, 4.69) is 34.7 Å². The van der Waals surface area contributed by atoms with Crippen molar-refractivity contribution in [1.82, 2.24) is 25.5 Å². The van der Waals surface area contributed by atoms with E-state index in [4.69, 9.17) is 0 Å². The van der Waals surface area contributed by atoms with Crippen molar-refractivity contribution in [2.24, 2.45) is 0 Å². The van der Waals surface area contributed by atoms with Crippen LogP contribution in [0, 0.1) is 0 Å². The molecule has 0 unspecified atom stereocenters. The van der Waals surface area contributed by atoms with E-state index >= 15 is 0 Å². The van der Waals surface area contributed by atoms with Crippen LogP contribution >= 0.6 is 0 Å². The van der Waals surface area contributed by atoms with E-state index in [1.165, 1.54) is 10.9 Å². The third-order valence-electron chi connectivity index (χ3n) is 4.74. The molecule has 2 amide bonds. The highest BCUT2D eigenvalue weighted by Crippen LogP contribution is 2.17. The molecule has 30 heavy (non-hydrogen) atoms. The van der Waals surface area contributed by atoms with Crippen LogP contribution in [-0.4, -0.2) is 44.7 Å². The standard InChI is InChI=1S/C22H25N5O3/c1-3-26(4-2)14-16-10-12-17(13-11-16)21(29)23-24-22(30)20-19(28)15-27(25-20)18-8-6-5-7-9-18/h5-13,15,28H,3-4,14H2,1-2H3,(H,23,29)(H,24,30). The summed E-state index contributed by atoms with van der Waals surface area (Å²) in [6.45, 7) is 6.94. The lowest BCUT2D eigenvalue weighted by Crippen LogP contribution is -2.41. The van der Waals surface area contributed by atoms with Gasteiger partial charge in [0.05, 0.1) is 11.9 Å². The minimum Gasteiger partial charge on any atom is -0.504 e. The van der Waals surface area contributed by atoms with E-state index < -0.39 is 11.8 Å². The van der Waals surface area contributed by atoms with Crippen LogP contribution in [0.25, 0.3) is 5.69 Å². The summed E-state index contributed by atoms with van der Waals surface area (Å²) in [6, 6.07) is 16.3. The molecule has 1 aromatic heterocycles. The molecule has 3 N–H and O–H groups in total. The largest absolute Gasteiger partial charge is 0.504 e. The molecule has 156 valence electrons. The van der Waals surface area contributed by atoms with Crippen LogP contribution in [0.4, 0.5) is 0 Å². The van der Waals surface area contributed by atoms with Gasteiger partial charge in [-0.05, 0) is 42.9 Å². The Kier molecular flexibility index (Phi) is 6.82. The number of amides is 2. The maximum Gasteiger partial charge on any atom is 0.294 e. The molecular weight excluding hydrogens is 382 g/mol. The molecule has 0 fully saturated rings. The molecular formula is C22H25N5O3. The Hall–Kier alpha value is -3.65. The minimum atomic E-state index is -0.714. The summed E-state index contributed by atoms with van der Waals surface area (Å²) < 4.78 is 1.39. The molecule has 1 heterocycles. The SMILES string of the molecule is CCN(CC)Cc1ccc(C(=O)NNC(=O)c2nn(-c3ccccc3)cc2O)cc1. The molecule has 0 saturated carbocycles. The monoisotopic (exact) mass is 407 g/mol. The van der Waals surface area contributed by atoms with E-state index in [9.17, 15) is 14.7 Å². The number of hydrogen-bond acceptors (Lipinski definition) is 5. The molecule has 0 bridgehead atoms. The van der Waals surface area contributed by atoms with E-state index in [0.717, 1.165) is 25.2 Å². The highest BCUT2D eigenvalue weighted by atomic mass is 16.3. The number of aromatic hydroxyl groups is 1. The van der Waals surface area contributed by atoms with Crippen LogP contribution in [0.15, 0.2) is 60.8 Å². The average molecular weight is 407 g/mol. The Morgan fingerprint density at radius 2 is 1.60 bits per heavy atom. The normalized spacial score (nSPS) is 10.8. The smallest absolute Gasteiger partial charge is 0.294 e. The highest BCUT2D eigenvalue weighted by Gasteiger charge is 2.18. The summed E-state index contributed by atoms with van der Waals surface area (Å²) in [5.41, 5.74) is 6.66. The van der Waals surface area contributed by atoms with Gasteiger partial charge in [-0.15, -0.1) is 0 Å². The Morgan fingerprint density at radius 3 is 2.23 bits per heavy atom. The molecule has 0 atom stereocenters. The molecule has 2 aromatic carbocycles. The van der Waals surface area contributed by atoms with Crippen LogP contribution < -0.4 is 10.9 Å². The first-order chi connectivity index (χ1) is 14.5. The molecule has 0 spiro atoms. The van der Waals surface area contributed by atoms with Crippen LogP contribution in [0.2, 0.25) is 0 Å². The van der Waals surface area contributed by atoms with Gasteiger partial charge in [0.25, 0.3) is 11.8 Å². The second-order valence-corrected chi connectivity index (χ2v) is 6.71. The van der Waals surface area contributed by atoms with Gasteiger partial charge < -0.3 is 5.11 Å². The number of aromatic nitrogens is 2. The molecule has 0 aliphatic heterocycles. The third kappa shape index (κ3) is 5.03. The number of nitrogens with zero attached hydrogens (tertiary/aromatic N) is 3. The predicted octanol–water partition coefficient (Wildman–Crippen LogP) is 2.49. The van der Waals surface area contributed by atoms with Gasteiger partial charge in [0, 0.05) is 12.1 Å². The van der Waals surface area contributed by atoms with E-state index in [-0.39, 0.29) is 11.4 Å². The quantitative estimate of drug-likeness (QED) is 0.523. The second kappa shape index (κ2) is 9.71. The van der Waals surface area contributed by atoms with E-state index in [0.29, 0.717) is 11.3 Å². The fourth-order valence-corrected chi connectivity index (χ4v) is 2.95. The van der Waals surface area contributed by atoms with E-state index in [1.807, 2.05) is 30.3 Å². The van der Waals surface area contributed by atoms with Crippen LogP contribution in [0.1, 0.15) is 40.3 Å². The summed E-state index contributed by atoms with van der Waals surface area (Å²) >= 11 is 0. The predicted molar refractivity (Wildman–Crippen MR) is 113 cm³/mol. The molecule has 0 aliphatic rings. The van der Waals surface area contributed by atoms with Gasteiger partial charge in [0.15, 0.2) is 11.4 Å². The average Bonchev–Trinajstić information content (AvgIpc) is 3.18. The van der Waals surface area contributed by atoms with Crippen molar-refractivity contribution in [1.29, 1.82) is 0 Å². The number of benzene rings is 2. The first-order valence-corrected chi connectivity index (χ1v) is 9.77. The number of hydrogen-bond donors (Lipinski definition) is 3. The number of hydrazine groups is 1. The van der Waals surface area contributed by atoms with Gasteiger partial charge in [0.2, 0.25) is 0 Å². The van der Waals surface area contributed by atoms with Crippen molar-refractivity contribution in [2.75, 3.05) is 13.1 Å². The van der Waals surface area contributed by atoms with Crippen molar-refractivity contribution < 1.29 is 14.7 Å². The molecule has 8 heteroatoms. The molecule has 3 rings (SSSR count). The number of carbonyl (C=O) groups is 2. The maximum absolute atomic E-state index is 12.3. The van der Waals surface area contributed by atoms with Gasteiger partial charge in [-0.1, -0.05) is 44.2 Å². The molecule has 0 saturated heterocycles. The van der Waals surface area contributed by atoms with Gasteiger partial charge in [-0.2, -0.15) is 5.10 Å². The first-order valence-electron chi connectivity index (χ1n) is 9.77. The van der Waals surface area contributed by atoms with Gasteiger partial charge in [-0.25, -0.2) is 4.68 Å². The summed E-state index contributed by atoms with van der Waals surface area (Å²) in [5.74, 6) is -1.46. The Morgan fingerprint density at radius 1 is 0.967 bits per heavy atom. The fraction of sp³-hybridized carbons (Fsp3) is 0.227. The topological polar surface area (TPSA) is 99.5 Å². The van der Waals surface area contributed by atoms with Crippen molar-refractivity contribution >= 4 is 11.8 Å². The Bertz CT molecular complexity index is 995. The van der Waals surface area contributed by atoms with Crippen LogP contribution in [0.3, 0.4) is 0 Å². The van der Waals surface area contributed by atoms with Crippen molar-refractivity contribution in [3.05, 3.63) is 77.6 Å². The summed E-state index contributed by atoms with van der Waals surface area (Å²) in [4.78, 5) is 26.9. The lowest BCUT2D eigenvalue weighted by Gasteiger charge is -2.18. The number of rotatable bonds is 7. The number of nitrogens with one attached hydrogen (secondary N) is 2. The Balaban J connectivity index is 1.59. The summed E-state index contributed by atoms with van der Waals surface area (Å²) in [7, 11) is 0. The minimum absolute atomic E-state index is 0.186. The first kappa shape index (κ1) is 21.1. The second-order valence-electron chi connectivity index (χ2n) is 6.71. The zero-order valence-electron chi connectivity index (χ0n) is 17.0. The van der Waals surface area contributed by atoms with Crippen LogP contribution in [0.5, 0.6) is 5.75 Å². The fourth-order valence-electron chi connectivity index (χ4n) is 2.95. The third-order valence-corrected chi connectivity index (χ3v) is 4.74. The van der Waals surface area contributed by atoms with Gasteiger partial charge in [0.1, 0.15) is 0 Å². The lowest BCUT2D eigenvalue weighted by atomic mass is 10.1. The lowest BCUT2D eigenvalue weighted by molar-refractivity contribution is 0.0842. The molecule has 0 radical (unpaired) electrons. The van der Waals surface area contributed by atoms with Crippen molar-refractivity contribution in [3.63, 3.8) is 0 Å². The molecule has 0 aliphatic carbocycles. The van der Waals surface area contributed by atoms with Crippen molar-refractivity contribution in [3.8, 4) is 11.4 Å². The summed E-state index contributed by atoms with van der Waals surface area (Å²) in [6.07, 6.45) is 1.33. The number of para-hydroxylation sites is 1. The van der Waals surface area contributed by atoms with Crippen LogP contribution in [-0.2, 0) is 6.54 Å². The highest BCUT2D eigenvalue weighted by molar-refractivity contribution is 5.99. The molecule has 8 nitrogen and oxygen atoms in total. The zero-order valence-corrected chi connectivity index (χ0v) is 17.0. The van der Waals surface area contributed by atoms with E-state index in [1.54, 1.807) is 24.3 Å². The zero-order chi connectivity index (χ0) is 21.5. The van der Waals surface area contributed by atoms with Crippen molar-refractivity contribution in [2.45, 2.75) is 20.4 Å². The van der Waals surface area contributed by atoms with Gasteiger partial charge >= 0.3 is 0 Å². The molecule has 3 aromatic rings. The Labute approximate surface area is 175 Å². The summed E-state index contributed by atoms with van der Waals surface area (Å²) in [5, 5.41) is 14.1. The number of carbonyl (C=O) groups excluding carboxylic acids is 2.